The number of ether oxygens (including phenoxy) is 1. The molecule has 2 bridgehead atoms. The average Bonchev–Trinajstić information content (AvgIpc) is 2.97. The predicted octanol–water partition coefficient (Wildman–Crippen LogP) is 3.33. The van der Waals surface area contributed by atoms with Gasteiger partial charge in [0, 0.05) is 12.5 Å². The molecular formula is C13H20F4O4S. The normalized spacial score (nSPS) is 32.6. The third-order valence-electron chi connectivity index (χ3n) is 4.80. The minimum Gasteiger partial charge on any atom is -0.378 e. The SMILES string of the molecule is CCCCOC1CC2CC1CC2C(F)(F)C(F)(F)S(=O)(=O)O. The van der Waals surface area contributed by atoms with Gasteiger partial charge in [-0.2, -0.15) is 26.0 Å². The molecule has 1 N–H and O–H groups in total. The number of alkyl halides is 4. The Labute approximate surface area is 127 Å². The molecule has 0 spiro atoms. The maximum atomic E-state index is 14.0. The summed E-state index contributed by atoms with van der Waals surface area (Å²) in [5, 5.41) is -5.46. The highest BCUT2D eigenvalue weighted by molar-refractivity contribution is 7.87. The number of hydrogen-bond acceptors (Lipinski definition) is 3. The summed E-state index contributed by atoms with van der Waals surface area (Å²) < 4.78 is 90.0. The number of hydrogen-bond donors (Lipinski definition) is 1. The number of unbranched alkanes of at least 4 members (excludes halogenated alkanes) is 1. The van der Waals surface area contributed by atoms with Crippen molar-refractivity contribution in [3.8, 4) is 0 Å². The lowest BCUT2D eigenvalue weighted by molar-refractivity contribution is -0.206. The van der Waals surface area contributed by atoms with Crippen molar-refractivity contribution in [3.05, 3.63) is 0 Å². The van der Waals surface area contributed by atoms with Crippen LogP contribution in [0.25, 0.3) is 0 Å². The van der Waals surface area contributed by atoms with Crippen molar-refractivity contribution in [2.45, 2.75) is 56.3 Å². The van der Waals surface area contributed by atoms with E-state index in [0.717, 1.165) is 12.8 Å². The fraction of sp³-hybridized carbons (Fsp3) is 1.00. The summed E-state index contributed by atoms with van der Waals surface area (Å²) in [6, 6.07) is 0. The van der Waals surface area contributed by atoms with Gasteiger partial charge in [-0.1, -0.05) is 13.3 Å². The van der Waals surface area contributed by atoms with Crippen molar-refractivity contribution in [1.82, 2.24) is 0 Å². The lowest BCUT2D eigenvalue weighted by Crippen LogP contribution is -2.53. The smallest absolute Gasteiger partial charge is 0.378 e. The van der Waals surface area contributed by atoms with Crippen LogP contribution in [0, 0.1) is 17.8 Å². The van der Waals surface area contributed by atoms with Crippen LogP contribution in [0.15, 0.2) is 0 Å². The van der Waals surface area contributed by atoms with Gasteiger partial charge in [0.2, 0.25) is 0 Å². The molecule has 0 aromatic carbocycles. The van der Waals surface area contributed by atoms with Crippen LogP contribution in [0.2, 0.25) is 0 Å². The monoisotopic (exact) mass is 348 g/mol. The molecule has 0 radical (unpaired) electrons. The van der Waals surface area contributed by atoms with Gasteiger partial charge in [-0.05, 0) is 37.5 Å². The molecule has 4 atom stereocenters. The molecular weight excluding hydrogens is 328 g/mol. The Kier molecular flexibility index (Phi) is 4.81. The van der Waals surface area contributed by atoms with E-state index in [1.807, 2.05) is 6.92 Å². The first kappa shape index (κ1) is 17.9. The van der Waals surface area contributed by atoms with E-state index in [9.17, 15) is 26.0 Å². The molecule has 0 amide bonds. The van der Waals surface area contributed by atoms with Gasteiger partial charge >= 0.3 is 21.3 Å². The quantitative estimate of drug-likeness (QED) is 0.435. The van der Waals surface area contributed by atoms with Gasteiger partial charge in [0.25, 0.3) is 0 Å². The van der Waals surface area contributed by atoms with Crippen LogP contribution in [0.3, 0.4) is 0 Å². The Bertz CT molecular complexity index is 508. The summed E-state index contributed by atoms with van der Waals surface area (Å²) >= 11 is 0. The summed E-state index contributed by atoms with van der Waals surface area (Å²) in [5.74, 6) is -7.50. The van der Waals surface area contributed by atoms with E-state index in [-0.39, 0.29) is 24.9 Å². The Hall–Kier alpha value is -0.410. The van der Waals surface area contributed by atoms with Crippen molar-refractivity contribution in [2.24, 2.45) is 17.8 Å². The molecule has 2 rings (SSSR count). The lowest BCUT2D eigenvalue weighted by Gasteiger charge is -2.35. The van der Waals surface area contributed by atoms with Gasteiger partial charge in [-0.15, -0.1) is 0 Å². The fourth-order valence-corrected chi connectivity index (χ4v) is 4.13. The second kappa shape index (κ2) is 5.90. The van der Waals surface area contributed by atoms with Crippen LogP contribution in [-0.4, -0.2) is 36.9 Å². The molecule has 0 heterocycles. The zero-order valence-electron chi connectivity index (χ0n) is 12.1. The van der Waals surface area contributed by atoms with Gasteiger partial charge < -0.3 is 4.74 Å². The summed E-state index contributed by atoms with van der Waals surface area (Å²) in [6.45, 7) is 2.49. The largest absolute Gasteiger partial charge is 0.431 e. The van der Waals surface area contributed by atoms with E-state index in [1.165, 1.54) is 0 Å². The zero-order valence-corrected chi connectivity index (χ0v) is 13.0. The Morgan fingerprint density at radius 2 is 1.77 bits per heavy atom. The molecule has 2 aliphatic carbocycles. The molecule has 9 heteroatoms. The first-order chi connectivity index (χ1) is 10.0. The maximum Gasteiger partial charge on any atom is 0.431 e. The molecule has 0 aromatic rings. The third-order valence-corrected chi connectivity index (χ3v) is 5.72. The zero-order chi connectivity index (χ0) is 16.8. The lowest BCUT2D eigenvalue weighted by atomic mass is 9.82. The summed E-state index contributed by atoms with van der Waals surface area (Å²) in [7, 11) is -6.16. The van der Waals surface area contributed by atoms with Crippen LogP contribution in [0.5, 0.6) is 0 Å². The van der Waals surface area contributed by atoms with E-state index in [4.69, 9.17) is 9.29 Å². The van der Waals surface area contributed by atoms with Crippen LogP contribution >= 0.6 is 0 Å². The van der Waals surface area contributed by atoms with Crippen molar-refractivity contribution < 1.29 is 35.3 Å². The molecule has 0 aliphatic heterocycles. The van der Waals surface area contributed by atoms with Crippen molar-refractivity contribution in [1.29, 1.82) is 0 Å². The standard InChI is InChI=1S/C13H20F4O4S/c1-2-3-4-21-11-7-8-5-9(11)6-10(8)12(14,15)13(16,17)22(18,19)20/h8-11H,2-7H2,1H3,(H,18,19,20). The first-order valence-corrected chi connectivity index (χ1v) is 8.80. The second-order valence-electron chi connectivity index (χ2n) is 6.21. The molecule has 130 valence electrons. The fourth-order valence-electron chi connectivity index (χ4n) is 3.64. The summed E-state index contributed by atoms with van der Waals surface area (Å²) in [4.78, 5) is 0. The van der Waals surface area contributed by atoms with Gasteiger partial charge in [-0.25, -0.2) is 0 Å². The molecule has 0 aromatic heterocycles. The van der Waals surface area contributed by atoms with Crippen molar-refractivity contribution in [3.63, 3.8) is 0 Å². The average molecular weight is 348 g/mol. The van der Waals surface area contributed by atoms with E-state index in [0.29, 0.717) is 13.0 Å². The summed E-state index contributed by atoms with van der Waals surface area (Å²) in [6.07, 6.45) is 1.91. The van der Waals surface area contributed by atoms with Crippen LogP contribution in [-0.2, 0) is 14.9 Å². The minimum absolute atomic E-state index is 0.209. The van der Waals surface area contributed by atoms with E-state index in [2.05, 4.69) is 0 Å². The Balaban J connectivity index is 2.06. The third kappa shape index (κ3) is 2.87. The second-order valence-corrected chi connectivity index (χ2v) is 7.67. The number of fused-ring (bicyclic) bond motifs is 2. The van der Waals surface area contributed by atoms with E-state index in [1.54, 1.807) is 0 Å². The maximum absolute atomic E-state index is 14.0. The van der Waals surface area contributed by atoms with E-state index < -0.39 is 33.1 Å². The highest BCUT2D eigenvalue weighted by atomic mass is 32.2. The van der Waals surface area contributed by atoms with Gasteiger partial charge in [0.1, 0.15) is 0 Å². The van der Waals surface area contributed by atoms with Crippen LogP contribution in [0.1, 0.15) is 39.0 Å². The van der Waals surface area contributed by atoms with Crippen molar-refractivity contribution in [2.75, 3.05) is 6.61 Å². The molecule has 2 fully saturated rings. The molecule has 4 nitrogen and oxygen atoms in total. The molecule has 0 saturated heterocycles. The first-order valence-electron chi connectivity index (χ1n) is 7.36. The predicted molar refractivity (Wildman–Crippen MR) is 70.4 cm³/mol. The van der Waals surface area contributed by atoms with Gasteiger partial charge in [-0.3, -0.25) is 4.55 Å². The minimum atomic E-state index is -6.16. The molecule has 2 aliphatic rings. The molecule has 4 unspecified atom stereocenters. The van der Waals surface area contributed by atoms with E-state index >= 15 is 0 Å². The molecule has 2 saturated carbocycles. The van der Waals surface area contributed by atoms with Gasteiger partial charge in [0.05, 0.1) is 6.10 Å². The Morgan fingerprint density at radius 1 is 1.14 bits per heavy atom. The number of rotatable bonds is 7. The highest BCUT2D eigenvalue weighted by Crippen LogP contribution is 2.58. The van der Waals surface area contributed by atoms with Crippen LogP contribution in [0.4, 0.5) is 17.6 Å². The summed E-state index contributed by atoms with van der Waals surface area (Å²) in [5.41, 5.74) is 0. The van der Waals surface area contributed by atoms with Gasteiger partial charge in [0.15, 0.2) is 0 Å². The topological polar surface area (TPSA) is 63.6 Å². The highest BCUT2D eigenvalue weighted by Gasteiger charge is 2.72. The van der Waals surface area contributed by atoms with Crippen LogP contribution < -0.4 is 0 Å². The van der Waals surface area contributed by atoms with Crippen molar-refractivity contribution >= 4 is 10.1 Å². The Morgan fingerprint density at radius 3 is 2.23 bits per heavy atom. The molecule has 22 heavy (non-hydrogen) atoms. The number of halogens is 4.